The summed E-state index contributed by atoms with van der Waals surface area (Å²) in [4.78, 5) is 38.9. The minimum absolute atomic E-state index is 0.186. The second-order valence-corrected chi connectivity index (χ2v) is 29.7. The molecule has 5 aliphatic heterocycles. The Bertz CT molecular complexity index is 1740. The summed E-state index contributed by atoms with van der Waals surface area (Å²) in [6.07, 6.45) is 12.1. The largest absolute Gasteiger partial charge is 0.325 e. The first kappa shape index (κ1) is 56.9. The second-order valence-electron chi connectivity index (χ2n) is 23.0. The molecule has 0 amide bonds. The molecule has 5 aliphatic rings. The van der Waals surface area contributed by atoms with Crippen LogP contribution in [-0.2, 0) is 29.4 Å². The van der Waals surface area contributed by atoms with E-state index in [0.717, 1.165) is 89.4 Å². The lowest BCUT2D eigenvalue weighted by molar-refractivity contribution is -1.02. The first-order chi connectivity index (χ1) is 30.8. The van der Waals surface area contributed by atoms with Crippen LogP contribution in [0.1, 0.15) is 118 Å². The quantitative estimate of drug-likeness (QED) is 0.0305. The maximum atomic E-state index is 11.9. The summed E-state index contributed by atoms with van der Waals surface area (Å²) in [5, 5.41) is 0. The molecular formula is C46H94N4O12P2S2+4. The van der Waals surface area contributed by atoms with Crippen LogP contribution >= 0.6 is 15.2 Å². The highest BCUT2D eigenvalue weighted by molar-refractivity contribution is 7.86. The molecule has 6 N–H and O–H groups in total. The van der Waals surface area contributed by atoms with Gasteiger partial charge in [-0.2, -0.15) is 16.8 Å². The van der Waals surface area contributed by atoms with Crippen molar-refractivity contribution in [3.05, 3.63) is 0 Å². The summed E-state index contributed by atoms with van der Waals surface area (Å²) in [5.74, 6) is 3.86. The zero-order valence-corrected chi connectivity index (χ0v) is 44.7. The van der Waals surface area contributed by atoms with E-state index in [2.05, 4.69) is 27.7 Å². The fourth-order valence-corrected chi connectivity index (χ4v) is 17.2. The molecule has 0 bridgehead atoms. The summed E-state index contributed by atoms with van der Waals surface area (Å²) >= 11 is 0. The van der Waals surface area contributed by atoms with Gasteiger partial charge in [-0.3, -0.25) is 18.2 Å². The molecule has 10 unspecified atom stereocenters. The Morgan fingerprint density at radius 3 is 0.970 bits per heavy atom. The molecular weight excluding hydrogens is 927 g/mol. The zero-order valence-electron chi connectivity index (χ0n) is 41.3. The Balaban J connectivity index is 1.35. The molecule has 388 valence electrons. The van der Waals surface area contributed by atoms with E-state index in [9.17, 15) is 54.6 Å². The van der Waals surface area contributed by atoms with E-state index in [1.54, 1.807) is 0 Å². The maximum absolute atomic E-state index is 11.9. The highest BCUT2D eigenvalue weighted by Gasteiger charge is 2.55. The van der Waals surface area contributed by atoms with Gasteiger partial charge >= 0.3 is 15.2 Å². The van der Waals surface area contributed by atoms with Gasteiger partial charge in [0.25, 0.3) is 20.2 Å². The number of likely N-dealkylation sites (tertiary alicyclic amines) is 2. The van der Waals surface area contributed by atoms with Gasteiger partial charge in [0, 0.05) is 73.0 Å². The summed E-state index contributed by atoms with van der Waals surface area (Å²) in [6.45, 7) is 24.9. The Labute approximate surface area is 399 Å². The van der Waals surface area contributed by atoms with Crippen LogP contribution in [0.15, 0.2) is 0 Å². The van der Waals surface area contributed by atoms with Crippen molar-refractivity contribution in [2.24, 2.45) is 47.3 Å². The van der Waals surface area contributed by atoms with Crippen LogP contribution in [0.4, 0.5) is 0 Å². The van der Waals surface area contributed by atoms with E-state index in [4.69, 9.17) is 0 Å². The van der Waals surface area contributed by atoms with Gasteiger partial charge in [0.2, 0.25) is 0 Å². The number of hydrogen-bond donors (Lipinski definition) is 6. The Kier molecular flexibility index (Phi) is 20.4. The lowest BCUT2D eigenvalue weighted by atomic mass is 9.80. The monoisotopic (exact) mass is 1020 g/mol. The number of piperazine rings is 1. The summed E-state index contributed by atoms with van der Waals surface area (Å²) in [6, 6.07) is 0. The normalized spacial score (nSPS) is 36.6. The van der Waals surface area contributed by atoms with Crippen LogP contribution in [0.25, 0.3) is 0 Å². The van der Waals surface area contributed by atoms with Crippen molar-refractivity contribution in [3.8, 4) is 0 Å². The third kappa shape index (κ3) is 17.0. The van der Waals surface area contributed by atoms with Crippen molar-refractivity contribution in [2.75, 3.05) is 129 Å². The molecule has 0 saturated carbocycles. The third-order valence-corrected chi connectivity index (χ3v) is 21.6. The minimum atomic E-state index is -4.18. The first-order valence-electron chi connectivity index (χ1n) is 26.2. The molecule has 0 radical (unpaired) electrons. The predicted molar refractivity (Wildman–Crippen MR) is 261 cm³/mol. The van der Waals surface area contributed by atoms with Crippen molar-refractivity contribution >= 4 is 35.4 Å². The van der Waals surface area contributed by atoms with E-state index < -0.39 is 35.4 Å². The first-order valence-corrected chi connectivity index (χ1v) is 33.0. The van der Waals surface area contributed by atoms with Gasteiger partial charge in [-0.1, -0.05) is 40.5 Å². The Hall–Kier alpha value is -0.0400. The number of nitrogens with zero attached hydrogens (tertiary/aromatic N) is 4. The Morgan fingerprint density at radius 2 is 0.697 bits per heavy atom. The molecule has 16 nitrogen and oxygen atoms in total. The van der Waals surface area contributed by atoms with Crippen LogP contribution in [0.2, 0.25) is 0 Å². The molecule has 5 saturated heterocycles. The minimum Gasteiger partial charge on any atom is -0.324 e. The van der Waals surface area contributed by atoms with E-state index in [0.29, 0.717) is 96.3 Å². The molecule has 66 heavy (non-hydrogen) atoms. The topological polar surface area (TPSA) is 224 Å². The van der Waals surface area contributed by atoms with Crippen LogP contribution < -0.4 is 0 Å². The van der Waals surface area contributed by atoms with Crippen LogP contribution in [0.3, 0.4) is 0 Å². The average molecular weight is 1020 g/mol. The molecule has 2 spiro atoms. The number of rotatable bonds is 28. The molecule has 0 aliphatic carbocycles. The van der Waals surface area contributed by atoms with Gasteiger partial charge in [-0.15, -0.1) is 0 Å². The van der Waals surface area contributed by atoms with Crippen molar-refractivity contribution in [2.45, 2.75) is 118 Å². The molecule has 0 aromatic carbocycles. The Morgan fingerprint density at radius 1 is 0.424 bits per heavy atom. The molecule has 20 heteroatoms. The van der Waals surface area contributed by atoms with Gasteiger partial charge in [-0.25, -0.2) is 0 Å². The average Bonchev–Trinajstić information content (AvgIpc) is 3.94. The van der Waals surface area contributed by atoms with Gasteiger partial charge in [0.15, 0.2) is 0 Å². The van der Waals surface area contributed by atoms with E-state index in [1.165, 1.54) is 74.2 Å². The smallest absolute Gasteiger partial charge is 0.324 e. The highest BCUT2D eigenvalue weighted by atomic mass is 32.2. The van der Waals surface area contributed by atoms with Gasteiger partial charge in [0.05, 0.1) is 102 Å². The summed E-state index contributed by atoms with van der Waals surface area (Å²) in [7, 11) is -16.6. The SMILES string of the molecule is CCCC1C[N+](CCCP(=O)(O)O)(CCCS(=O)(=O)O)CC1CCC1C[N+]2(CC[N+]3(CC2)CC(CC)C(CC)C3)CC1CCC1C[N+](CCCP(=O)(O)O)(CCCS(=O)(=O)O)CC1CCC. The fraction of sp³-hybridized carbons (Fsp3) is 1.00. The standard InChI is InChI=1S/C46H90N4O12P2S2/c1-5-13-41-33-47(19-9-27-63(51,52)53,21-11-29-65(57,58)59)35-43(41)15-17-45-37-50(25-23-49(24-26-50)31-39(7-3)40(8-4)32-49)38-46(45)18-16-44-36-48(34-42(44)14-6-2,20-10-28-64(54,55)56)22-12-30-66(60,61)62/h39-46H,5-38H2,1-4H3,(H2-4,51,52,53,54,55,56,57,58,59,60,61,62)/p+4. The van der Waals surface area contributed by atoms with Crippen molar-refractivity contribution in [1.29, 1.82) is 0 Å². The predicted octanol–water partition coefficient (Wildman–Crippen LogP) is 5.92. The summed E-state index contributed by atoms with van der Waals surface area (Å²) < 4.78 is 93.9. The van der Waals surface area contributed by atoms with Crippen molar-refractivity contribution in [3.63, 3.8) is 0 Å². The zero-order chi connectivity index (χ0) is 48.7. The van der Waals surface area contributed by atoms with E-state index in [1.807, 2.05) is 0 Å². The third-order valence-electron chi connectivity index (χ3n) is 18.2. The van der Waals surface area contributed by atoms with E-state index in [-0.39, 0.29) is 23.8 Å². The van der Waals surface area contributed by atoms with Crippen LogP contribution in [0.5, 0.6) is 0 Å². The fourth-order valence-electron chi connectivity index (χ4n) is 15.1. The number of hydrogen-bond acceptors (Lipinski definition) is 6. The molecule has 0 aromatic heterocycles. The van der Waals surface area contributed by atoms with E-state index >= 15 is 0 Å². The second kappa shape index (κ2) is 23.7. The molecule has 5 heterocycles. The van der Waals surface area contributed by atoms with Crippen LogP contribution in [-0.4, -0.2) is 192 Å². The maximum Gasteiger partial charge on any atom is 0.325 e. The van der Waals surface area contributed by atoms with Crippen molar-refractivity contribution < 1.29 is 72.6 Å². The lowest BCUT2D eigenvalue weighted by Crippen LogP contribution is -2.65. The summed E-state index contributed by atoms with van der Waals surface area (Å²) in [5.41, 5.74) is 0. The highest BCUT2D eigenvalue weighted by Crippen LogP contribution is 2.46. The van der Waals surface area contributed by atoms with Gasteiger partial charge in [-0.05, 0) is 51.4 Å². The molecule has 10 atom stereocenters. The lowest BCUT2D eigenvalue weighted by Gasteiger charge is -2.47. The number of quaternary nitrogens is 4. The molecule has 5 rings (SSSR count). The van der Waals surface area contributed by atoms with Gasteiger partial charge < -0.3 is 37.5 Å². The van der Waals surface area contributed by atoms with Crippen molar-refractivity contribution in [1.82, 2.24) is 0 Å². The van der Waals surface area contributed by atoms with Gasteiger partial charge in [0.1, 0.15) is 26.2 Å². The molecule has 0 aromatic rings. The molecule has 5 fully saturated rings. The van der Waals surface area contributed by atoms with Crippen LogP contribution in [0, 0.1) is 47.3 Å².